The largest absolute Gasteiger partial charge is 0.355 e. The van der Waals surface area contributed by atoms with Crippen LogP contribution in [0.3, 0.4) is 0 Å². The SMILES string of the molecule is CS(=O)(=O)NCCNC(=O)C[C@H]1C(=O)Nc2ccccc21. The predicted octanol–water partition coefficient (Wildman–Crippen LogP) is -0.222. The lowest BCUT2D eigenvalue weighted by atomic mass is 9.97. The predicted molar refractivity (Wildman–Crippen MR) is 78.3 cm³/mol. The molecule has 7 nitrogen and oxygen atoms in total. The Labute approximate surface area is 123 Å². The molecule has 3 N–H and O–H groups in total. The lowest BCUT2D eigenvalue weighted by Gasteiger charge is -2.09. The number of hydrogen-bond donors (Lipinski definition) is 3. The first-order valence-corrected chi connectivity index (χ1v) is 8.37. The van der Waals surface area contributed by atoms with Crippen LogP contribution in [-0.4, -0.2) is 39.6 Å². The molecule has 2 rings (SSSR count). The minimum atomic E-state index is -3.26. The molecule has 0 aliphatic carbocycles. The summed E-state index contributed by atoms with van der Waals surface area (Å²) in [6.45, 7) is 0.305. The van der Waals surface area contributed by atoms with Gasteiger partial charge in [0.1, 0.15) is 0 Å². The first-order chi connectivity index (χ1) is 9.87. The van der Waals surface area contributed by atoms with Gasteiger partial charge in [0.25, 0.3) is 0 Å². The van der Waals surface area contributed by atoms with E-state index in [9.17, 15) is 18.0 Å². The van der Waals surface area contributed by atoms with Crippen LogP contribution in [0.1, 0.15) is 17.9 Å². The third-order valence-electron chi connectivity index (χ3n) is 3.11. The summed E-state index contributed by atoms with van der Waals surface area (Å²) >= 11 is 0. The number of amides is 2. The molecule has 0 fully saturated rings. The van der Waals surface area contributed by atoms with Gasteiger partial charge in [-0.25, -0.2) is 13.1 Å². The molecule has 1 aliphatic heterocycles. The maximum absolute atomic E-state index is 11.8. The second-order valence-corrected chi connectivity index (χ2v) is 6.68. The van der Waals surface area contributed by atoms with Crippen molar-refractivity contribution in [3.8, 4) is 0 Å². The fourth-order valence-corrected chi connectivity index (χ4v) is 2.65. The van der Waals surface area contributed by atoms with E-state index < -0.39 is 15.9 Å². The summed E-state index contributed by atoms with van der Waals surface area (Å²) in [6.07, 6.45) is 1.09. The van der Waals surface area contributed by atoms with E-state index in [0.29, 0.717) is 0 Å². The topological polar surface area (TPSA) is 104 Å². The second kappa shape index (κ2) is 6.23. The van der Waals surface area contributed by atoms with Crippen molar-refractivity contribution in [1.82, 2.24) is 10.0 Å². The van der Waals surface area contributed by atoms with Crippen molar-refractivity contribution < 1.29 is 18.0 Å². The van der Waals surface area contributed by atoms with Gasteiger partial charge in [-0.15, -0.1) is 0 Å². The lowest BCUT2D eigenvalue weighted by molar-refractivity contribution is -0.125. The van der Waals surface area contributed by atoms with E-state index in [1.165, 1.54) is 0 Å². The van der Waals surface area contributed by atoms with Gasteiger partial charge in [0.05, 0.1) is 12.2 Å². The number of carbonyl (C=O) groups is 2. The summed E-state index contributed by atoms with van der Waals surface area (Å²) in [5, 5.41) is 5.32. The van der Waals surface area contributed by atoms with Gasteiger partial charge in [0.2, 0.25) is 21.8 Å². The van der Waals surface area contributed by atoms with Gasteiger partial charge >= 0.3 is 0 Å². The highest BCUT2D eigenvalue weighted by atomic mass is 32.2. The number of anilines is 1. The average Bonchev–Trinajstić information content (AvgIpc) is 2.70. The van der Waals surface area contributed by atoms with Crippen LogP contribution < -0.4 is 15.4 Å². The van der Waals surface area contributed by atoms with Crippen LogP contribution in [0, 0.1) is 0 Å². The van der Waals surface area contributed by atoms with E-state index in [1.807, 2.05) is 18.2 Å². The van der Waals surface area contributed by atoms with E-state index in [-0.39, 0.29) is 31.3 Å². The summed E-state index contributed by atoms with van der Waals surface area (Å²) in [7, 11) is -3.26. The summed E-state index contributed by atoms with van der Waals surface area (Å²) in [4.78, 5) is 23.7. The number of carbonyl (C=O) groups excluding carboxylic acids is 2. The molecule has 0 saturated heterocycles. The van der Waals surface area contributed by atoms with Gasteiger partial charge < -0.3 is 10.6 Å². The third-order valence-corrected chi connectivity index (χ3v) is 3.84. The standard InChI is InChI=1S/C13H17N3O4S/c1-21(19,20)15-7-6-14-12(17)8-10-9-4-2-3-5-11(9)16-13(10)18/h2-5,10,15H,6-8H2,1H3,(H,14,17)(H,16,18)/t10-/m1/s1. The fourth-order valence-electron chi connectivity index (χ4n) is 2.17. The molecular formula is C13H17N3O4S. The zero-order chi connectivity index (χ0) is 15.5. The Hall–Kier alpha value is -1.93. The van der Waals surface area contributed by atoms with Crippen molar-refractivity contribution in [3.63, 3.8) is 0 Å². The monoisotopic (exact) mass is 311 g/mol. The first kappa shape index (κ1) is 15.5. The molecule has 0 unspecified atom stereocenters. The van der Waals surface area contributed by atoms with E-state index in [2.05, 4.69) is 15.4 Å². The van der Waals surface area contributed by atoms with Gasteiger partial charge in [-0.3, -0.25) is 9.59 Å². The Balaban J connectivity index is 1.85. The highest BCUT2D eigenvalue weighted by Crippen LogP contribution is 2.34. The van der Waals surface area contributed by atoms with Crippen molar-refractivity contribution >= 4 is 27.5 Å². The van der Waals surface area contributed by atoms with Gasteiger partial charge in [-0.2, -0.15) is 0 Å². The van der Waals surface area contributed by atoms with Crippen molar-refractivity contribution in [2.24, 2.45) is 0 Å². The maximum atomic E-state index is 11.8. The number of rotatable bonds is 6. The van der Waals surface area contributed by atoms with Crippen LogP contribution >= 0.6 is 0 Å². The second-order valence-electron chi connectivity index (χ2n) is 4.85. The molecule has 114 valence electrons. The Kier molecular flexibility index (Phi) is 4.59. The average molecular weight is 311 g/mol. The quantitative estimate of drug-likeness (QED) is 0.632. The van der Waals surface area contributed by atoms with Gasteiger partial charge in [-0.05, 0) is 11.6 Å². The van der Waals surface area contributed by atoms with Crippen molar-refractivity contribution in [2.45, 2.75) is 12.3 Å². The summed E-state index contributed by atoms with van der Waals surface area (Å²) in [6, 6.07) is 7.25. The number of sulfonamides is 1. The van der Waals surface area contributed by atoms with E-state index in [4.69, 9.17) is 0 Å². The number of para-hydroxylation sites is 1. The number of benzene rings is 1. The van der Waals surface area contributed by atoms with E-state index in [1.54, 1.807) is 6.07 Å². The summed E-state index contributed by atoms with van der Waals surface area (Å²) < 4.78 is 24.0. The molecular weight excluding hydrogens is 294 g/mol. The molecule has 21 heavy (non-hydrogen) atoms. The minimum absolute atomic E-state index is 0.0434. The van der Waals surface area contributed by atoms with Crippen LogP contribution in [0.25, 0.3) is 0 Å². The minimum Gasteiger partial charge on any atom is -0.355 e. The van der Waals surface area contributed by atoms with Crippen LogP contribution in [0.2, 0.25) is 0 Å². The van der Waals surface area contributed by atoms with Crippen LogP contribution in [-0.2, 0) is 19.6 Å². The molecule has 0 bridgehead atoms. The number of fused-ring (bicyclic) bond motifs is 1. The molecule has 1 aromatic rings. The zero-order valence-corrected chi connectivity index (χ0v) is 12.4. The number of nitrogens with one attached hydrogen (secondary N) is 3. The molecule has 1 atom stereocenters. The first-order valence-electron chi connectivity index (χ1n) is 6.48. The molecule has 1 aliphatic rings. The van der Waals surface area contributed by atoms with Gasteiger partial charge in [-0.1, -0.05) is 18.2 Å². The third kappa shape index (κ3) is 4.27. The van der Waals surface area contributed by atoms with Crippen molar-refractivity contribution in [2.75, 3.05) is 24.7 Å². The molecule has 2 amide bonds. The fraction of sp³-hybridized carbons (Fsp3) is 0.385. The van der Waals surface area contributed by atoms with E-state index in [0.717, 1.165) is 17.5 Å². The Morgan fingerprint density at radius 3 is 2.71 bits per heavy atom. The molecule has 8 heteroatoms. The maximum Gasteiger partial charge on any atom is 0.232 e. The molecule has 0 saturated carbocycles. The Bertz CT molecular complexity index is 657. The Morgan fingerprint density at radius 2 is 2.00 bits per heavy atom. The summed E-state index contributed by atoms with van der Waals surface area (Å²) in [5.41, 5.74) is 1.55. The van der Waals surface area contributed by atoms with Gasteiger partial charge in [0, 0.05) is 25.2 Å². The van der Waals surface area contributed by atoms with Crippen LogP contribution in [0.4, 0.5) is 5.69 Å². The summed E-state index contributed by atoms with van der Waals surface area (Å²) in [5.74, 6) is -0.980. The van der Waals surface area contributed by atoms with Gasteiger partial charge in [0.15, 0.2) is 0 Å². The molecule has 1 aromatic carbocycles. The normalized spacial score (nSPS) is 17.2. The molecule has 1 heterocycles. The smallest absolute Gasteiger partial charge is 0.232 e. The molecule has 0 aromatic heterocycles. The van der Waals surface area contributed by atoms with Crippen molar-refractivity contribution in [1.29, 1.82) is 0 Å². The number of hydrogen-bond acceptors (Lipinski definition) is 4. The molecule has 0 radical (unpaired) electrons. The highest BCUT2D eigenvalue weighted by molar-refractivity contribution is 7.88. The lowest BCUT2D eigenvalue weighted by Crippen LogP contribution is -2.35. The zero-order valence-electron chi connectivity index (χ0n) is 11.5. The Morgan fingerprint density at radius 1 is 1.29 bits per heavy atom. The van der Waals surface area contributed by atoms with E-state index >= 15 is 0 Å². The van der Waals surface area contributed by atoms with Crippen molar-refractivity contribution in [3.05, 3.63) is 29.8 Å². The van der Waals surface area contributed by atoms with Crippen LogP contribution in [0.15, 0.2) is 24.3 Å². The molecule has 0 spiro atoms. The highest BCUT2D eigenvalue weighted by Gasteiger charge is 2.31. The van der Waals surface area contributed by atoms with Crippen LogP contribution in [0.5, 0.6) is 0 Å².